The molecule has 2 aliphatic carbocycles. The summed E-state index contributed by atoms with van der Waals surface area (Å²) in [7, 11) is 2.13. The van der Waals surface area contributed by atoms with Crippen molar-refractivity contribution in [3.05, 3.63) is 0 Å². The van der Waals surface area contributed by atoms with E-state index in [2.05, 4.69) is 27.5 Å². The number of halogens is 1. The van der Waals surface area contributed by atoms with Crippen LogP contribution in [-0.2, 0) is 0 Å². The summed E-state index contributed by atoms with van der Waals surface area (Å²) in [5.74, 6) is 0. The molecule has 6 atom stereocenters. The van der Waals surface area contributed by atoms with Crippen molar-refractivity contribution in [3.8, 4) is 0 Å². The second kappa shape index (κ2) is 6.79. The van der Waals surface area contributed by atoms with Gasteiger partial charge < -0.3 is 20.4 Å². The van der Waals surface area contributed by atoms with Crippen LogP contribution < -0.4 is 10.6 Å². The van der Waals surface area contributed by atoms with Gasteiger partial charge in [-0.15, -0.1) is 0 Å². The average molecular weight is 338 g/mol. The fraction of sp³-hybridized carbons (Fsp3) is 0.944. The van der Waals surface area contributed by atoms with E-state index in [0.29, 0.717) is 24.5 Å². The number of nitrogens with zero attached hydrogens (tertiary/aromatic N) is 2. The lowest BCUT2D eigenvalue weighted by Gasteiger charge is -2.39. The summed E-state index contributed by atoms with van der Waals surface area (Å²) in [6, 6.07) is 1.42. The number of carbonyl (C=O) groups excluding carboxylic acids is 1. The molecular formula is C18H31FN4O. The van der Waals surface area contributed by atoms with E-state index >= 15 is 0 Å². The van der Waals surface area contributed by atoms with E-state index in [4.69, 9.17) is 0 Å². The number of urea groups is 1. The first-order chi connectivity index (χ1) is 11.6. The number of alkyl halides is 1. The van der Waals surface area contributed by atoms with Crippen molar-refractivity contribution in [2.75, 3.05) is 20.1 Å². The molecule has 0 bridgehead atoms. The molecule has 136 valence electrons. The molecule has 2 amide bonds. The van der Waals surface area contributed by atoms with Crippen LogP contribution in [0.3, 0.4) is 0 Å². The van der Waals surface area contributed by atoms with Crippen LogP contribution in [0.1, 0.15) is 51.4 Å². The molecule has 6 unspecified atom stereocenters. The van der Waals surface area contributed by atoms with Gasteiger partial charge in [0.15, 0.2) is 0 Å². The second-order valence-corrected chi connectivity index (χ2v) is 8.32. The van der Waals surface area contributed by atoms with E-state index < -0.39 is 6.17 Å². The van der Waals surface area contributed by atoms with Gasteiger partial charge in [-0.3, -0.25) is 0 Å². The highest BCUT2D eigenvalue weighted by atomic mass is 19.1. The van der Waals surface area contributed by atoms with Crippen molar-refractivity contribution in [1.82, 2.24) is 20.4 Å². The van der Waals surface area contributed by atoms with Crippen molar-refractivity contribution in [2.45, 2.75) is 87.7 Å². The summed E-state index contributed by atoms with van der Waals surface area (Å²) >= 11 is 0. The Kier molecular flexibility index (Phi) is 4.69. The summed E-state index contributed by atoms with van der Waals surface area (Å²) in [6.07, 6.45) is 7.24. The zero-order valence-corrected chi connectivity index (χ0v) is 14.7. The van der Waals surface area contributed by atoms with Gasteiger partial charge in [-0.1, -0.05) is 12.8 Å². The molecule has 24 heavy (non-hydrogen) atoms. The van der Waals surface area contributed by atoms with Crippen LogP contribution in [0.4, 0.5) is 9.18 Å². The first kappa shape index (κ1) is 16.6. The van der Waals surface area contributed by atoms with Gasteiger partial charge in [0, 0.05) is 24.7 Å². The Morgan fingerprint density at radius 3 is 2.75 bits per heavy atom. The summed E-state index contributed by atoms with van der Waals surface area (Å²) < 4.78 is 14.1. The van der Waals surface area contributed by atoms with E-state index in [1.807, 2.05) is 0 Å². The Bertz CT molecular complexity index is 476. The predicted molar refractivity (Wildman–Crippen MR) is 91.8 cm³/mol. The number of hydrogen-bond donors (Lipinski definition) is 2. The molecule has 0 spiro atoms. The first-order valence-electron chi connectivity index (χ1n) is 9.79. The molecule has 4 aliphatic rings. The first-order valence-corrected chi connectivity index (χ1v) is 9.79. The van der Waals surface area contributed by atoms with Gasteiger partial charge in [0.25, 0.3) is 0 Å². The Balaban J connectivity index is 1.35. The van der Waals surface area contributed by atoms with Gasteiger partial charge in [0.2, 0.25) is 0 Å². The fourth-order valence-corrected chi connectivity index (χ4v) is 5.33. The van der Waals surface area contributed by atoms with Gasteiger partial charge in [0.05, 0.1) is 12.1 Å². The number of likely N-dealkylation sites (tertiary alicyclic amines) is 1. The number of amides is 2. The summed E-state index contributed by atoms with van der Waals surface area (Å²) in [5.41, 5.74) is 0. The molecule has 4 fully saturated rings. The molecule has 2 saturated carbocycles. The Morgan fingerprint density at radius 1 is 1.17 bits per heavy atom. The van der Waals surface area contributed by atoms with Crippen molar-refractivity contribution in [1.29, 1.82) is 0 Å². The largest absolute Gasteiger partial charge is 0.333 e. The molecule has 0 aromatic rings. The van der Waals surface area contributed by atoms with Gasteiger partial charge in [-0.2, -0.15) is 0 Å². The van der Waals surface area contributed by atoms with Gasteiger partial charge in [0.1, 0.15) is 6.17 Å². The predicted octanol–water partition coefficient (Wildman–Crippen LogP) is 1.88. The third kappa shape index (κ3) is 3.15. The lowest BCUT2D eigenvalue weighted by Crippen LogP contribution is -2.53. The van der Waals surface area contributed by atoms with E-state index in [9.17, 15) is 9.18 Å². The minimum absolute atomic E-state index is 0.0250. The number of rotatable bonds is 3. The highest BCUT2D eigenvalue weighted by molar-refractivity contribution is 5.78. The average Bonchev–Trinajstić information content (AvgIpc) is 3.11. The zero-order valence-electron chi connectivity index (χ0n) is 14.7. The van der Waals surface area contributed by atoms with Crippen LogP contribution >= 0.6 is 0 Å². The maximum atomic E-state index is 14.1. The lowest BCUT2D eigenvalue weighted by molar-refractivity contribution is 0.132. The maximum absolute atomic E-state index is 14.1. The van der Waals surface area contributed by atoms with Crippen LogP contribution in [-0.4, -0.2) is 72.3 Å². The molecule has 2 N–H and O–H groups in total. The van der Waals surface area contributed by atoms with Crippen molar-refractivity contribution in [2.24, 2.45) is 0 Å². The van der Waals surface area contributed by atoms with Gasteiger partial charge in [-0.05, 0) is 52.1 Å². The summed E-state index contributed by atoms with van der Waals surface area (Å²) in [6.45, 7) is 2.07. The molecular weight excluding hydrogens is 307 g/mol. The van der Waals surface area contributed by atoms with Crippen LogP contribution in [0.5, 0.6) is 0 Å². The monoisotopic (exact) mass is 338 g/mol. The number of fused-ring (bicyclic) bond motifs is 1. The molecule has 4 rings (SSSR count). The zero-order chi connectivity index (χ0) is 16.7. The summed E-state index contributed by atoms with van der Waals surface area (Å²) in [4.78, 5) is 16.9. The van der Waals surface area contributed by atoms with Crippen LogP contribution in [0.2, 0.25) is 0 Å². The number of carbonyl (C=O) groups is 1. The lowest BCUT2D eigenvalue weighted by atomic mass is 9.85. The van der Waals surface area contributed by atoms with Crippen LogP contribution in [0.15, 0.2) is 0 Å². The third-order valence-corrected chi connectivity index (χ3v) is 6.61. The van der Waals surface area contributed by atoms with Gasteiger partial charge >= 0.3 is 6.03 Å². The highest BCUT2D eigenvalue weighted by Gasteiger charge is 2.47. The Labute approximate surface area is 144 Å². The number of hydrogen-bond acceptors (Lipinski definition) is 3. The molecule has 5 nitrogen and oxygen atoms in total. The van der Waals surface area contributed by atoms with E-state index in [1.54, 1.807) is 0 Å². The van der Waals surface area contributed by atoms with Crippen LogP contribution in [0, 0.1) is 0 Å². The minimum Gasteiger partial charge on any atom is -0.333 e. The van der Waals surface area contributed by atoms with E-state index in [-0.39, 0.29) is 18.1 Å². The second-order valence-electron chi connectivity index (χ2n) is 8.32. The smallest absolute Gasteiger partial charge is 0.318 e. The molecule has 0 aromatic carbocycles. The Morgan fingerprint density at radius 2 is 2.00 bits per heavy atom. The van der Waals surface area contributed by atoms with E-state index in [0.717, 1.165) is 58.0 Å². The van der Waals surface area contributed by atoms with Crippen molar-refractivity contribution < 1.29 is 9.18 Å². The number of nitrogens with one attached hydrogen (secondary N) is 2. The fourth-order valence-electron chi connectivity index (χ4n) is 5.33. The molecule has 0 aromatic heterocycles. The topological polar surface area (TPSA) is 47.6 Å². The number of likely N-dealkylation sites (N-methyl/N-ethyl adjacent to an activating group) is 1. The Hall–Kier alpha value is -0.880. The highest BCUT2D eigenvalue weighted by Crippen LogP contribution is 2.33. The molecule has 6 heteroatoms. The van der Waals surface area contributed by atoms with Crippen LogP contribution in [0.25, 0.3) is 0 Å². The van der Waals surface area contributed by atoms with Gasteiger partial charge in [-0.25, -0.2) is 9.18 Å². The summed E-state index contributed by atoms with van der Waals surface area (Å²) in [5, 5.41) is 6.78. The third-order valence-electron chi connectivity index (χ3n) is 6.61. The molecule has 2 heterocycles. The quantitative estimate of drug-likeness (QED) is 0.826. The van der Waals surface area contributed by atoms with E-state index in [1.165, 1.54) is 0 Å². The van der Waals surface area contributed by atoms with Crippen molar-refractivity contribution in [3.63, 3.8) is 0 Å². The SMILES string of the molecule is CN1CCC(N2C(=O)NC3CC(NC4CCCCC4F)CCC32)C1. The van der Waals surface area contributed by atoms with Crippen molar-refractivity contribution >= 4 is 6.03 Å². The normalized spacial score (nSPS) is 43.8. The molecule has 0 radical (unpaired) electrons. The molecule has 2 saturated heterocycles. The maximum Gasteiger partial charge on any atom is 0.318 e. The minimum atomic E-state index is -0.694. The molecule has 2 aliphatic heterocycles. The standard InChI is InChI=1S/C18H31FN4O/c1-22-9-8-13(11-22)23-17-7-6-12(10-16(17)21-18(23)24)20-15-5-3-2-4-14(15)19/h12-17,20H,2-11H2,1H3,(H,21,24).